The van der Waals surface area contributed by atoms with Gasteiger partial charge in [0.05, 0.1) is 35.3 Å². The fraction of sp³-hybridized carbons (Fsp3) is 0.140. The van der Waals surface area contributed by atoms with Gasteiger partial charge in [-0.05, 0) is 70.8 Å². The Balaban J connectivity index is 1.36. The van der Waals surface area contributed by atoms with Crippen molar-refractivity contribution in [2.24, 2.45) is 11.8 Å². The molecule has 0 aliphatic carbocycles. The van der Waals surface area contributed by atoms with Gasteiger partial charge in [0.1, 0.15) is 18.0 Å². The molecule has 0 aromatic heterocycles. The largest absolute Gasteiger partial charge is 0.299 e. The Bertz CT molecular complexity index is 2020. The van der Waals surface area contributed by atoms with Crippen LogP contribution in [-0.2, 0) is 14.5 Å². The van der Waals surface area contributed by atoms with Crippen LogP contribution in [0, 0.1) is 11.8 Å². The van der Waals surface area contributed by atoms with Gasteiger partial charge in [-0.1, -0.05) is 156 Å². The molecule has 2 saturated heterocycles. The van der Waals surface area contributed by atoms with Gasteiger partial charge in [0.15, 0.2) is 0 Å². The molecular weight excluding hydrogens is 734 g/mol. The van der Waals surface area contributed by atoms with Gasteiger partial charge < -0.3 is 0 Å². The Morgan fingerprint density at radius 1 is 0.462 bits per heavy atom. The van der Waals surface area contributed by atoms with E-state index in [2.05, 4.69) is 0 Å². The molecule has 6 aromatic carbocycles. The maximum Gasteiger partial charge on any atom is 0.150 e. The fourth-order valence-electron chi connectivity index (χ4n) is 7.50. The molecular formula is C43H32Cl4N2O3. The molecule has 0 amide bonds. The van der Waals surface area contributed by atoms with Gasteiger partial charge in [0.25, 0.3) is 0 Å². The van der Waals surface area contributed by atoms with Crippen molar-refractivity contribution in [2.75, 3.05) is 10.1 Å². The SMILES string of the molecule is O=C([C@@H]1[C@@H](c2ccccc2)ON(c2ccccc2)[C@H]1c1ccc(Cl)cc1Cl)[C@@H]1[C@@H](c2ccccc2)ON(c2ccccc2)[C@H]1c1ccc(Cl)cc1Cl. The van der Waals surface area contributed by atoms with Crippen molar-refractivity contribution < 1.29 is 14.5 Å². The van der Waals surface area contributed by atoms with E-state index in [9.17, 15) is 0 Å². The molecule has 0 bridgehead atoms. The average Bonchev–Trinajstić information content (AvgIpc) is 3.77. The Labute approximate surface area is 322 Å². The zero-order valence-electron chi connectivity index (χ0n) is 27.6. The quantitative estimate of drug-likeness (QED) is 0.154. The lowest BCUT2D eigenvalue weighted by molar-refractivity contribution is -0.131. The molecule has 0 N–H and O–H groups in total. The lowest BCUT2D eigenvalue weighted by Crippen LogP contribution is -2.37. The van der Waals surface area contributed by atoms with Crippen LogP contribution in [0.25, 0.3) is 0 Å². The third kappa shape index (κ3) is 6.58. The van der Waals surface area contributed by atoms with Crippen molar-refractivity contribution in [3.05, 3.63) is 200 Å². The Hall–Kier alpha value is -4.33. The van der Waals surface area contributed by atoms with Crippen LogP contribution in [0.15, 0.2) is 158 Å². The summed E-state index contributed by atoms with van der Waals surface area (Å²) in [5.74, 6) is -1.62. The maximum atomic E-state index is 16.1. The van der Waals surface area contributed by atoms with E-state index in [0.29, 0.717) is 31.2 Å². The summed E-state index contributed by atoms with van der Waals surface area (Å²) in [6, 6.07) is 48.7. The van der Waals surface area contributed by atoms with E-state index in [4.69, 9.17) is 56.1 Å². The molecule has 260 valence electrons. The second kappa shape index (κ2) is 15.0. The van der Waals surface area contributed by atoms with Crippen LogP contribution in [-0.4, -0.2) is 5.78 Å². The van der Waals surface area contributed by atoms with E-state index in [1.807, 2.05) is 144 Å². The number of anilines is 2. The van der Waals surface area contributed by atoms with Crippen molar-refractivity contribution in [2.45, 2.75) is 24.3 Å². The highest BCUT2D eigenvalue weighted by Gasteiger charge is 2.57. The standard InChI is InChI=1S/C43H32Cl4N2O3/c44-29-21-23-33(35(46)25-29)39-37(42(27-13-5-1-6-14-27)51-48(39)31-17-9-3-10-18-31)41(50)38-40(34-24-22-30(45)26-36(34)47)49(32-19-11-4-12-20-32)52-43(38)28-15-7-2-8-16-28/h1-26,37-40,42-43H/t37-,38-,39+,40+,42-,43-/m1/s1. The molecule has 2 aliphatic heterocycles. The summed E-state index contributed by atoms with van der Waals surface area (Å²) >= 11 is 26.9. The van der Waals surface area contributed by atoms with Gasteiger partial charge in [0, 0.05) is 20.1 Å². The van der Waals surface area contributed by atoms with Gasteiger partial charge in [-0.25, -0.2) is 10.1 Å². The van der Waals surface area contributed by atoms with Crippen LogP contribution >= 0.6 is 46.4 Å². The first kappa shape index (κ1) is 34.7. The summed E-state index contributed by atoms with van der Waals surface area (Å²) in [5, 5.41) is 5.48. The molecule has 2 fully saturated rings. The zero-order chi connectivity index (χ0) is 35.8. The number of hydroxylamine groups is 2. The van der Waals surface area contributed by atoms with Gasteiger partial charge in [-0.3, -0.25) is 14.5 Å². The number of carbonyl (C=O) groups is 1. The topological polar surface area (TPSA) is 42.0 Å². The molecule has 5 nitrogen and oxygen atoms in total. The second-order valence-electron chi connectivity index (χ2n) is 12.9. The van der Waals surface area contributed by atoms with E-state index in [1.165, 1.54) is 0 Å². The molecule has 52 heavy (non-hydrogen) atoms. The summed E-state index contributed by atoms with van der Waals surface area (Å²) in [6.07, 6.45) is -1.37. The van der Waals surface area contributed by atoms with Crippen molar-refractivity contribution >= 4 is 63.6 Å². The van der Waals surface area contributed by atoms with E-state index in [-0.39, 0.29) is 5.78 Å². The third-order valence-electron chi connectivity index (χ3n) is 9.79. The fourth-order valence-corrected chi connectivity index (χ4v) is 8.54. The maximum absolute atomic E-state index is 16.1. The van der Waals surface area contributed by atoms with Gasteiger partial charge in [-0.15, -0.1) is 0 Å². The molecule has 8 rings (SSSR count). The number of Topliss-reactive ketones (excluding diaryl/α,β-unsaturated/α-hetero) is 1. The first-order valence-electron chi connectivity index (χ1n) is 16.9. The molecule has 0 unspecified atom stereocenters. The normalized spacial score (nSPS) is 22.8. The minimum absolute atomic E-state index is 0.0772. The summed E-state index contributed by atoms with van der Waals surface area (Å²) in [7, 11) is 0. The number of hydrogen-bond acceptors (Lipinski definition) is 5. The Morgan fingerprint density at radius 2 is 0.808 bits per heavy atom. The summed E-state index contributed by atoms with van der Waals surface area (Å²) in [6.45, 7) is 0. The molecule has 2 aliphatic rings. The monoisotopic (exact) mass is 764 g/mol. The number of benzene rings is 6. The number of nitrogens with zero attached hydrogens (tertiary/aromatic N) is 2. The highest BCUT2D eigenvalue weighted by atomic mass is 35.5. The molecule has 0 radical (unpaired) electrons. The number of hydrogen-bond donors (Lipinski definition) is 0. The lowest BCUT2D eigenvalue weighted by Gasteiger charge is -2.32. The zero-order valence-corrected chi connectivity index (χ0v) is 30.6. The number of rotatable bonds is 8. The van der Waals surface area contributed by atoms with E-state index in [1.54, 1.807) is 24.3 Å². The Kier molecular flexibility index (Phi) is 9.99. The highest BCUT2D eigenvalue weighted by molar-refractivity contribution is 6.35. The van der Waals surface area contributed by atoms with Crippen molar-refractivity contribution in [3.8, 4) is 0 Å². The minimum atomic E-state index is -0.773. The number of carbonyl (C=O) groups excluding carboxylic acids is 1. The highest BCUT2D eigenvalue weighted by Crippen LogP contribution is 2.57. The van der Waals surface area contributed by atoms with Crippen LogP contribution in [0.3, 0.4) is 0 Å². The summed E-state index contributed by atoms with van der Waals surface area (Å²) in [4.78, 5) is 30.0. The van der Waals surface area contributed by atoms with E-state index >= 15 is 4.79 Å². The summed E-state index contributed by atoms with van der Waals surface area (Å²) < 4.78 is 0. The van der Waals surface area contributed by atoms with Crippen LogP contribution in [0.1, 0.15) is 46.5 Å². The van der Waals surface area contributed by atoms with Gasteiger partial charge in [-0.2, -0.15) is 0 Å². The van der Waals surface area contributed by atoms with Crippen LogP contribution in [0.4, 0.5) is 11.4 Å². The predicted molar refractivity (Wildman–Crippen MR) is 209 cm³/mol. The van der Waals surface area contributed by atoms with E-state index < -0.39 is 36.1 Å². The number of ketones is 1. The van der Waals surface area contributed by atoms with Crippen LogP contribution < -0.4 is 10.1 Å². The van der Waals surface area contributed by atoms with Gasteiger partial charge >= 0.3 is 0 Å². The molecule has 0 spiro atoms. The van der Waals surface area contributed by atoms with Crippen molar-refractivity contribution in [1.29, 1.82) is 0 Å². The third-order valence-corrected chi connectivity index (χ3v) is 10.9. The number of para-hydroxylation sites is 2. The smallest absolute Gasteiger partial charge is 0.150 e. The molecule has 2 heterocycles. The van der Waals surface area contributed by atoms with Crippen molar-refractivity contribution in [3.63, 3.8) is 0 Å². The Morgan fingerprint density at radius 3 is 1.15 bits per heavy atom. The molecule has 6 atom stereocenters. The first-order chi connectivity index (χ1) is 25.4. The first-order valence-corrected chi connectivity index (χ1v) is 18.5. The van der Waals surface area contributed by atoms with E-state index in [0.717, 1.165) is 22.5 Å². The number of halogens is 4. The van der Waals surface area contributed by atoms with Crippen molar-refractivity contribution in [1.82, 2.24) is 0 Å². The van der Waals surface area contributed by atoms with Crippen LogP contribution in [0.5, 0.6) is 0 Å². The van der Waals surface area contributed by atoms with Crippen LogP contribution in [0.2, 0.25) is 20.1 Å². The lowest BCUT2D eigenvalue weighted by atomic mass is 9.73. The molecule has 6 aromatic rings. The second-order valence-corrected chi connectivity index (χ2v) is 14.6. The average molecular weight is 767 g/mol. The summed E-state index contributed by atoms with van der Waals surface area (Å²) in [5.41, 5.74) is 4.68. The minimum Gasteiger partial charge on any atom is -0.299 e. The molecule has 0 saturated carbocycles. The molecule has 9 heteroatoms. The predicted octanol–water partition coefficient (Wildman–Crippen LogP) is 12.3. The van der Waals surface area contributed by atoms with Gasteiger partial charge in [0.2, 0.25) is 0 Å².